The highest BCUT2D eigenvalue weighted by molar-refractivity contribution is 5.01. The van der Waals surface area contributed by atoms with E-state index in [4.69, 9.17) is 9.47 Å². The Bertz CT molecular complexity index is 294. The molecule has 1 unspecified atom stereocenters. The highest BCUT2D eigenvalue weighted by atomic mass is 16.7. The summed E-state index contributed by atoms with van der Waals surface area (Å²) in [7, 11) is 0. The van der Waals surface area contributed by atoms with Gasteiger partial charge in [-0.1, -0.05) is 32.1 Å². The molecule has 0 spiro atoms. The number of rotatable bonds is 7. The van der Waals surface area contributed by atoms with Crippen LogP contribution in [0.25, 0.3) is 0 Å². The van der Waals surface area contributed by atoms with Gasteiger partial charge in [-0.25, -0.2) is 0 Å². The first-order valence-electron chi connectivity index (χ1n) is 6.59. The Balaban J connectivity index is 2.60. The van der Waals surface area contributed by atoms with E-state index in [9.17, 15) is 5.11 Å². The highest BCUT2D eigenvalue weighted by Gasteiger charge is 2.35. The van der Waals surface area contributed by atoms with Gasteiger partial charge < -0.3 is 14.6 Å². The van der Waals surface area contributed by atoms with Crippen molar-refractivity contribution in [1.29, 1.82) is 0 Å². The van der Waals surface area contributed by atoms with Gasteiger partial charge in [0.05, 0.1) is 19.3 Å². The summed E-state index contributed by atoms with van der Waals surface area (Å²) in [6, 6.07) is 0. The Hall–Kier alpha value is -0.640. The maximum atomic E-state index is 10.4. The molecular weight excluding hydrogens is 228 g/mol. The van der Waals surface area contributed by atoms with Crippen LogP contribution in [-0.4, -0.2) is 30.7 Å². The molecule has 1 fully saturated rings. The molecule has 0 bridgehead atoms. The molecule has 3 nitrogen and oxygen atoms in total. The minimum atomic E-state index is -0.463. The average molecular weight is 254 g/mol. The zero-order valence-electron chi connectivity index (χ0n) is 11.8. The van der Waals surface area contributed by atoms with E-state index in [2.05, 4.69) is 20.1 Å². The van der Waals surface area contributed by atoms with E-state index in [1.807, 2.05) is 19.9 Å². The topological polar surface area (TPSA) is 38.7 Å². The molecule has 0 radical (unpaired) electrons. The second kappa shape index (κ2) is 6.50. The van der Waals surface area contributed by atoms with Crippen molar-refractivity contribution in [2.45, 2.75) is 46.0 Å². The summed E-state index contributed by atoms with van der Waals surface area (Å²) in [6.07, 6.45) is 2.45. The maximum Gasteiger partial charge on any atom is 0.158 e. The molecule has 0 aromatic rings. The first-order valence-corrected chi connectivity index (χ1v) is 6.59. The van der Waals surface area contributed by atoms with Gasteiger partial charge in [-0.15, -0.1) is 6.58 Å². The summed E-state index contributed by atoms with van der Waals surface area (Å²) in [5.74, 6) is 0.296. The molecule has 1 aliphatic heterocycles. The monoisotopic (exact) mass is 254 g/mol. The fourth-order valence-electron chi connectivity index (χ4n) is 2.04. The predicted molar refractivity (Wildman–Crippen MR) is 73.2 cm³/mol. The third kappa shape index (κ3) is 3.94. The van der Waals surface area contributed by atoms with Crippen LogP contribution in [-0.2, 0) is 9.47 Å². The molecule has 0 aromatic heterocycles. The summed E-state index contributed by atoms with van der Waals surface area (Å²) in [5, 5.41) is 10.4. The molecule has 1 aliphatic rings. The number of ether oxygens (including phenoxy) is 2. The van der Waals surface area contributed by atoms with Crippen molar-refractivity contribution in [2.75, 3.05) is 13.2 Å². The van der Waals surface area contributed by atoms with Gasteiger partial charge in [0.2, 0.25) is 0 Å². The zero-order valence-corrected chi connectivity index (χ0v) is 11.8. The Morgan fingerprint density at radius 1 is 1.50 bits per heavy atom. The molecule has 1 saturated heterocycles. The van der Waals surface area contributed by atoms with Crippen LogP contribution in [0, 0.1) is 11.3 Å². The standard InChI is InChI=1S/C15H26O3/c1-6-15(5,10-14-17-7-8-18-14)13(16)9-12(4)11(2)3/h6,12-14,16H,1-2,7-10H2,3-5H3/t12-,13?,15+/m1/s1. The van der Waals surface area contributed by atoms with E-state index in [-0.39, 0.29) is 6.29 Å². The summed E-state index contributed by atoms with van der Waals surface area (Å²) in [4.78, 5) is 0. The van der Waals surface area contributed by atoms with E-state index in [1.54, 1.807) is 0 Å². The van der Waals surface area contributed by atoms with E-state index in [0.29, 0.717) is 32.0 Å². The Kier molecular flexibility index (Phi) is 5.57. The van der Waals surface area contributed by atoms with Gasteiger partial charge in [0.25, 0.3) is 0 Å². The van der Waals surface area contributed by atoms with Gasteiger partial charge in [0, 0.05) is 11.8 Å². The van der Waals surface area contributed by atoms with Crippen molar-refractivity contribution in [2.24, 2.45) is 11.3 Å². The van der Waals surface area contributed by atoms with Crippen LogP contribution >= 0.6 is 0 Å². The predicted octanol–water partition coefficient (Wildman–Crippen LogP) is 2.90. The molecule has 1 rings (SSSR count). The normalized spacial score (nSPS) is 23.3. The lowest BCUT2D eigenvalue weighted by molar-refractivity contribution is -0.0846. The lowest BCUT2D eigenvalue weighted by Crippen LogP contribution is -2.35. The minimum Gasteiger partial charge on any atom is -0.392 e. The van der Waals surface area contributed by atoms with Gasteiger partial charge in [0.15, 0.2) is 6.29 Å². The van der Waals surface area contributed by atoms with Crippen LogP contribution in [0.4, 0.5) is 0 Å². The number of aliphatic hydroxyl groups excluding tert-OH is 1. The second-order valence-corrected chi connectivity index (χ2v) is 5.58. The van der Waals surface area contributed by atoms with Crippen molar-refractivity contribution in [3.8, 4) is 0 Å². The summed E-state index contributed by atoms with van der Waals surface area (Å²) in [5.41, 5.74) is 0.701. The van der Waals surface area contributed by atoms with Crippen LogP contribution in [0.15, 0.2) is 24.8 Å². The number of hydrogen-bond donors (Lipinski definition) is 1. The van der Waals surface area contributed by atoms with Gasteiger partial charge in [0.1, 0.15) is 0 Å². The van der Waals surface area contributed by atoms with E-state index in [0.717, 1.165) is 5.57 Å². The zero-order chi connectivity index (χ0) is 13.8. The van der Waals surface area contributed by atoms with E-state index < -0.39 is 11.5 Å². The van der Waals surface area contributed by atoms with Crippen molar-refractivity contribution < 1.29 is 14.6 Å². The van der Waals surface area contributed by atoms with Crippen molar-refractivity contribution in [3.63, 3.8) is 0 Å². The number of hydrogen-bond acceptors (Lipinski definition) is 3. The molecule has 18 heavy (non-hydrogen) atoms. The van der Waals surface area contributed by atoms with Crippen molar-refractivity contribution >= 4 is 0 Å². The van der Waals surface area contributed by atoms with Crippen molar-refractivity contribution in [3.05, 3.63) is 24.8 Å². The fourth-order valence-corrected chi connectivity index (χ4v) is 2.04. The van der Waals surface area contributed by atoms with Crippen LogP contribution < -0.4 is 0 Å². The first-order chi connectivity index (χ1) is 8.39. The van der Waals surface area contributed by atoms with E-state index in [1.165, 1.54) is 0 Å². The van der Waals surface area contributed by atoms with Gasteiger partial charge in [-0.3, -0.25) is 0 Å². The molecule has 3 atom stereocenters. The summed E-state index contributed by atoms with van der Waals surface area (Å²) in [6.45, 7) is 15.1. The third-order valence-electron chi connectivity index (χ3n) is 3.94. The molecule has 1 heterocycles. The fraction of sp³-hybridized carbons (Fsp3) is 0.733. The molecule has 0 amide bonds. The minimum absolute atomic E-state index is 0.220. The van der Waals surface area contributed by atoms with Crippen LogP contribution in [0.5, 0.6) is 0 Å². The van der Waals surface area contributed by atoms with Crippen LogP contribution in [0.2, 0.25) is 0 Å². The number of allylic oxidation sites excluding steroid dienone is 1. The highest BCUT2D eigenvalue weighted by Crippen LogP contribution is 2.35. The van der Waals surface area contributed by atoms with Gasteiger partial charge in [-0.05, 0) is 19.3 Å². The van der Waals surface area contributed by atoms with Crippen LogP contribution in [0.1, 0.15) is 33.6 Å². The molecule has 0 aliphatic carbocycles. The van der Waals surface area contributed by atoms with Gasteiger partial charge >= 0.3 is 0 Å². The Labute approximate surface area is 110 Å². The SMILES string of the molecule is C=C[C@@](C)(CC1OCCO1)C(O)C[C@@H](C)C(=C)C. The van der Waals surface area contributed by atoms with Gasteiger partial charge in [-0.2, -0.15) is 0 Å². The maximum absolute atomic E-state index is 10.4. The molecular formula is C15H26O3. The first kappa shape index (κ1) is 15.4. The molecule has 1 N–H and O–H groups in total. The van der Waals surface area contributed by atoms with Crippen molar-refractivity contribution in [1.82, 2.24) is 0 Å². The smallest absolute Gasteiger partial charge is 0.158 e. The van der Waals surface area contributed by atoms with Crippen LogP contribution in [0.3, 0.4) is 0 Å². The largest absolute Gasteiger partial charge is 0.392 e. The Morgan fingerprint density at radius 2 is 2.06 bits per heavy atom. The summed E-state index contributed by atoms with van der Waals surface area (Å²) >= 11 is 0. The quantitative estimate of drug-likeness (QED) is 0.710. The lowest BCUT2D eigenvalue weighted by atomic mass is 9.76. The van der Waals surface area contributed by atoms with E-state index >= 15 is 0 Å². The molecule has 0 saturated carbocycles. The molecule has 104 valence electrons. The Morgan fingerprint density at radius 3 is 2.50 bits per heavy atom. The molecule has 0 aromatic carbocycles. The lowest BCUT2D eigenvalue weighted by Gasteiger charge is -2.34. The summed E-state index contributed by atoms with van der Waals surface area (Å²) < 4.78 is 10.9. The average Bonchev–Trinajstić information content (AvgIpc) is 2.81. The molecule has 3 heteroatoms. The number of aliphatic hydroxyl groups is 1. The second-order valence-electron chi connectivity index (χ2n) is 5.58. The third-order valence-corrected chi connectivity index (χ3v) is 3.94.